The van der Waals surface area contributed by atoms with Crippen LogP contribution in [-0.2, 0) is 16.1 Å². The summed E-state index contributed by atoms with van der Waals surface area (Å²) in [5.74, 6) is -0.884. The average molecular weight is 247 g/mol. The molecule has 0 bridgehead atoms. The van der Waals surface area contributed by atoms with E-state index in [0.29, 0.717) is 12.1 Å². The lowest BCUT2D eigenvalue weighted by Gasteiger charge is -2.20. The summed E-state index contributed by atoms with van der Waals surface area (Å²) in [6.45, 7) is 3.81. The minimum atomic E-state index is -0.884. The maximum atomic E-state index is 10.9. The molecular formula is C14H17NO3. The Morgan fingerprint density at radius 3 is 2.72 bits per heavy atom. The van der Waals surface area contributed by atoms with Crippen molar-refractivity contribution >= 4 is 5.97 Å². The van der Waals surface area contributed by atoms with Gasteiger partial charge in [-0.05, 0) is 12.5 Å². The molecule has 96 valence electrons. The number of hydrogen-bond acceptors (Lipinski definition) is 3. The summed E-state index contributed by atoms with van der Waals surface area (Å²) in [6, 6.07) is 10.00. The number of epoxide rings is 1. The van der Waals surface area contributed by atoms with Gasteiger partial charge in [0.05, 0.1) is 12.7 Å². The van der Waals surface area contributed by atoms with E-state index in [1.54, 1.807) is 13.1 Å². The number of carboxylic acids is 1. The Labute approximate surface area is 106 Å². The standard InChI is InChI=1S/C14H17NO3/c1-11(14(16)17)7-15(9-13-10-18-13)8-12-5-3-2-4-6-12/h2-7,13H,8-10H2,1H3,(H,16,17). The third-order valence-electron chi connectivity index (χ3n) is 2.78. The van der Waals surface area contributed by atoms with Gasteiger partial charge in [-0.2, -0.15) is 0 Å². The van der Waals surface area contributed by atoms with E-state index in [0.717, 1.165) is 18.7 Å². The van der Waals surface area contributed by atoms with Gasteiger partial charge >= 0.3 is 5.97 Å². The summed E-state index contributed by atoms with van der Waals surface area (Å²) >= 11 is 0. The molecule has 0 radical (unpaired) electrons. The highest BCUT2D eigenvalue weighted by atomic mass is 16.6. The van der Waals surface area contributed by atoms with E-state index in [4.69, 9.17) is 9.84 Å². The first-order valence-corrected chi connectivity index (χ1v) is 5.96. The first-order chi connectivity index (χ1) is 8.65. The van der Waals surface area contributed by atoms with E-state index >= 15 is 0 Å². The SMILES string of the molecule is CC(=CN(Cc1ccccc1)CC1CO1)C(=O)O. The molecule has 0 spiro atoms. The second-order valence-electron chi connectivity index (χ2n) is 4.49. The lowest BCUT2D eigenvalue weighted by atomic mass is 10.2. The van der Waals surface area contributed by atoms with Crippen LogP contribution in [0.2, 0.25) is 0 Å². The zero-order valence-corrected chi connectivity index (χ0v) is 10.4. The minimum Gasteiger partial charge on any atom is -0.478 e. The minimum absolute atomic E-state index is 0.242. The number of benzene rings is 1. The second-order valence-corrected chi connectivity index (χ2v) is 4.49. The molecule has 1 aliphatic heterocycles. The van der Waals surface area contributed by atoms with Gasteiger partial charge in [0.15, 0.2) is 0 Å². The van der Waals surface area contributed by atoms with Gasteiger partial charge in [0.1, 0.15) is 0 Å². The maximum Gasteiger partial charge on any atom is 0.332 e. The molecule has 1 saturated heterocycles. The lowest BCUT2D eigenvalue weighted by molar-refractivity contribution is -0.132. The van der Waals surface area contributed by atoms with Crippen molar-refractivity contribution in [3.05, 3.63) is 47.7 Å². The number of rotatable bonds is 6. The van der Waals surface area contributed by atoms with Crippen molar-refractivity contribution in [2.75, 3.05) is 13.2 Å². The molecule has 0 saturated carbocycles. The van der Waals surface area contributed by atoms with Gasteiger partial charge in [-0.15, -0.1) is 0 Å². The van der Waals surface area contributed by atoms with E-state index in [9.17, 15) is 4.79 Å². The molecular weight excluding hydrogens is 230 g/mol. The topological polar surface area (TPSA) is 53.1 Å². The Balaban J connectivity index is 2.04. The van der Waals surface area contributed by atoms with Gasteiger partial charge in [0.25, 0.3) is 0 Å². The van der Waals surface area contributed by atoms with Crippen molar-refractivity contribution in [3.8, 4) is 0 Å². The van der Waals surface area contributed by atoms with Crippen LogP contribution in [0.5, 0.6) is 0 Å². The monoisotopic (exact) mass is 247 g/mol. The molecule has 1 aromatic carbocycles. The number of aliphatic carboxylic acids is 1. The fraction of sp³-hybridized carbons (Fsp3) is 0.357. The summed E-state index contributed by atoms with van der Waals surface area (Å²) in [6.07, 6.45) is 1.93. The number of ether oxygens (including phenoxy) is 1. The Kier molecular flexibility index (Phi) is 3.99. The lowest BCUT2D eigenvalue weighted by Crippen LogP contribution is -2.23. The third kappa shape index (κ3) is 3.89. The summed E-state index contributed by atoms with van der Waals surface area (Å²) in [7, 11) is 0. The normalized spacial score (nSPS) is 18.5. The fourth-order valence-corrected chi connectivity index (χ4v) is 1.74. The first kappa shape index (κ1) is 12.6. The highest BCUT2D eigenvalue weighted by Gasteiger charge is 2.24. The van der Waals surface area contributed by atoms with Gasteiger partial charge < -0.3 is 14.7 Å². The summed E-state index contributed by atoms with van der Waals surface area (Å²) in [4.78, 5) is 12.9. The summed E-state index contributed by atoms with van der Waals surface area (Å²) in [5.41, 5.74) is 1.50. The van der Waals surface area contributed by atoms with Crippen LogP contribution in [0.3, 0.4) is 0 Å². The molecule has 2 rings (SSSR count). The molecule has 4 nitrogen and oxygen atoms in total. The largest absolute Gasteiger partial charge is 0.478 e. The number of carboxylic acid groups (broad SMARTS) is 1. The predicted molar refractivity (Wildman–Crippen MR) is 68.0 cm³/mol. The molecule has 18 heavy (non-hydrogen) atoms. The van der Waals surface area contributed by atoms with Crippen LogP contribution in [0.4, 0.5) is 0 Å². The highest BCUT2D eigenvalue weighted by molar-refractivity contribution is 5.85. The van der Waals surface area contributed by atoms with E-state index in [2.05, 4.69) is 0 Å². The van der Waals surface area contributed by atoms with Crippen molar-refractivity contribution in [1.29, 1.82) is 0 Å². The van der Waals surface area contributed by atoms with E-state index in [-0.39, 0.29) is 6.10 Å². The van der Waals surface area contributed by atoms with Crippen molar-refractivity contribution in [2.45, 2.75) is 19.6 Å². The van der Waals surface area contributed by atoms with Crippen LogP contribution in [0.15, 0.2) is 42.1 Å². The van der Waals surface area contributed by atoms with Crippen LogP contribution >= 0.6 is 0 Å². The Hall–Kier alpha value is -1.81. The molecule has 1 aromatic rings. The Morgan fingerprint density at radius 2 is 2.17 bits per heavy atom. The third-order valence-corrected chi connectivity index (χ3v) is 2.78. The molecule has 0 amide bonds. The van der Waals surface area contributed by atoms with Crippen LogP contribution in [-0.4, -0.2) is 35.2 Å². The predicted octanol–water partition coefficient (Wildman–Crippen LogP) is 1.88. The highest BCUT2D eigenvalue weighted by Crippen LogP contribution is 2.15. The number of nitrogens with zero attached hydrogens (tertiary/aromatic N) is 1. The first-order valence-electron chi connectivity index (χ1n) is 5.96. The molecule has 1 heterocycles. The second kappa shape index (κ2) is 5.69. The van der Waals surface area contributed by atoms with Crippen molar-refractivity contribution in [2.24, 2.45) is 0 Å². The molecule has 1 N–H and O–H groups in total. The quantitative estimate of drug-likeness (QED) is 0.616. The van der Waals surface area contributed by atoms with Crippen LogP contribution in [0, 0.1) is 0 Å². The molecule has 1 unspecified atom stereocenters. The zero-order valence-electron chi connectivity index (χ0n) is 10.4. The summed E-state index contributed by atoms with van der Waals surface area (Å²) in [5, 5.41) is 8.92. The molecule has 0 aromatic heterocycles. The van der Waals surface area contributed by atoms with E-state index < -0.39 is 5.97 Å². The van der Waals surface area contributed by atoms with Crippen molar-refractivity contribution < 1.29 is 14.6 Å². The van der Waals surface area contributed by atoms with E-state index in [1.165, 1.54) is 0 Å². The summed E-state index contributed by atoms with van der Waals surface area (Å²) < 4.78 is 5.20. The Bertz CT molecular complexity index is 438. The van der Waals surface area contributed by atoms with Gasteiger partial charge in [0, 0.05) is 24.9 Å². The van der Waals surface area contributed by atoms with Gasteiger partial charge in [0.2, 0.25) is 0 Å². The number of hydrogen-bond donors (Lipinski definition) is 1. The maximum absolute atomic E-state index is 10.9. The smallest absolute Gasteiger partial charge is 0.332 e. The fourth-order valence-electron chi connectivity index (χ4n) is 1.74. The Morgan fingerprint density at radius 1 is 1.50 bits per heavy atom. The molecule has 4 heteroatoms. The average Bonchev–Trinajstić information content (AvgIpc) is 3.14. The van der Waals surface area contributed by atoms with E-state index in [1.807, 2.05) is 35.2 Å². The van der Waals surface area contributed by atoms with Crippen molar-refractivity contribution in [1.82, 2.24) is 4.90 Å². The van der Waals surface area contributed by atoms with Crippen LogP contribution in [0.1, 0.15) is 12.5 Å². The van der Waals surface area contributed by atoms with Gasteiger partial charge in [-0.3, -0.25) is 0 Å². The molecule has 0 aliphatic carbocycles. The van der Waals surface area contributed by atoms with Crippen molar-refractivity contribution in [3.63, 3.8) is 0 Å². The van der Waals surface area contributed by atoms with Crippen LogP contribution < -0.4 is 0 Å². The molecule has 1 fully saturated rings. The van der Waals surface area contributed by atoms with Gasteiger partial charge in [-0.25, -0.2) is 4.79 Å². The van der Waals surface area contributed by atoms with Crippen LogP contribution in [0.25, 0.3) is 0 Å². The van der Waals surface area contributed by atoms with Gasteiger partial charge in [-0.1, -0.05) is 30.3 Å². The zero-order chi connectivity index (χ0) is 13.0. The molecule has 1 aliphatic rings. The molecule has 1 atom stereocenters. The number of carbonyl (C=O) groups is 1.